The number of nitrogens with one attached hydrogen (secondary N) is 2. The summed E-state index contributed by atoms with van der Waals surface area (Å²) in [6.45, 7) is 3.78. The molecule has 9 heteroatoms. The van der Waals surface area contributed by atoms with Crippen LogP contribution in [0, 0.1) is 6.92 Å². The first kappa shape index (κ1) is 22.3. The van der Waals surface area contributed by atoms with Crippen LogP contribution in [-0.2, 0) is 0 Å². The SMILES string of the molecule is C/C(=N/NC(=O)c1sc2cc(C)ccc2c1Cl)c1ccc(NC(=O)c2ccc(Br)o2)cc1. The fourth-order valence-corrected chi connectivity index (χ4v) is 4.80. The number of furan rings is 1. The zero-order valence-corrected chi connectivity index (χ0v) is 20.2. The normalized spacial score (nSPS) is 11.6. The number of aryl methyl sites for hydroxylation is 1. The van der Waals surface area contributed by atoms with Gasteiger partial charge in [0.1, 0.15) is 4.88 Å². The van der Waals surface area contributed by atoms with Crippen LogP contribution in [0.5, 0.6) is 0 Å². The molecule has 4 aromatic rings. The monoisotopic (exact) mass is 529 g/mol. The average molecular weight is 531 g/mol. The average Bonchev–Trinajstić information content (AvgIpc) is 3.35. The van der Waals surface area contributed by atoms with E-state index in [1.807, 2.05) is 25.1 Å². The predicted octanol–water partition coefficient (Wildman–Crippen LogP) is 6.62. The minimum absolute atomic E-state index is 0.205. The largest absolute Gasteiger partial charge is 0.444 e. The second-order valence-electron chi connectivity index (χ2n) is 7.02. The van der Waals surface area contributed by atoms with Gasteiger partial charge in [0.2, 0.25) is 0 Å². The molecule has 4 rings (SSSR count). The Labute approximate surface area is 201 Å². The van der Waals surface area contributed by atoms with Crippen LogP contribution in [0.15, 0.2) is 68.8 Å². The van der Waals surface area contributed by atoms with E-state index in [1.165, 1.54) is 11.3 Å². The van der Waals surface area contributed by atoms with Crippen LogP contribution in [0.3, 0.4) is 0 Å². The Kier molecular flexibility index (Phi) is 6.45. The molecule has 0 aliphatic rings. The van der Waals surface area contributed by atoms with Crippen LogP contribution < -0.4 is 10.7 Å². The van der Waals surface area contributed by atoms with Gasteiger partial charge >= 0.3 is 0 Å². The molecule has 32 heavy (non-hydrogen) atoms. The van der Waals surface area contributed by atoms with Gasteiger partial charge in [-0.3, -0.25) is 9.59 Å². The molecule has 0 radical (unpaired) electrons. The van der Waals surface area contributed by atoms with E-state index in [-0.39, 0.29) is 17.6 Å². The standard InChI is InChI=1S/C23H17BrClN3O3S/c1-12-3-8-16-18(11-12)32-21(20(16)25)23(30)28-27-13(2)14-4-6-15(7-5-14)26-22(29)17-9-10-19(24)31-17/h3-11H,1-2H3,(H,26,29)(H,28,30)/b27-13-. The molecule has 2 N–H and O–H groups in total. The summed E-state index contributed by atoms with van der Waals surface area (Å²) in [5, 5.41) is 8.24. The quantitative estimate of drug-likeness (QED) is 0.224. The van der Waals surface area contributed by atoms with Crippen molar-refractivity contribution in [2.45, 2.75) is 13.8 Å². The van der Waals surface area contributed by atoms with Crippen molar-refractivity contribution in [2.24, 2.45) is 5.10 Å². The van der Waals surface area contributed by atoms with Crippen LogP contribution >= 0.6 is 38.9 Å². The molecule has 2 amide bonds. The number of benzene rings is 2. The van der Waals surface area contributed by atoms with E-state index < -0.39 is 0 Å². The lowest BCUT2D eigenvalue weighted by molar-refractivity contribution is 0.0957. The Morgan fingerprint density at radius 1 is 1.06 bits per heavy atom. The molecular formula is C23H17BrClN3O3S. The number of hydrazone groups is 1. The lowest BCUT2D eigenvalue weighted by Crippen LogP contribution is -2.18. The van der Waals surface area contributed by atoms with Crippen molar-refractivity contribution >= 4 is 72.2 Å². The van der Waals surface area contributed by atoms with E-state index in [0.717, 1.165) is 21.2 Å². The number of rotatable bonds is 5. The molecule has 0 fully saturated rings. The number of nitrogens with zero attached hydrogens (tertiary/aromatic N) is 1. The van der Waals surface area contributed by atoms with Crippen LogP contribution in [0.25, 0.3) is 10.1 Å². The van der Waals surface area contributed by atoms with Gasteiger partial charge in [-0.05, 0) is 71.2 Å². The summed E-state index contributed by atoms with van der Waals surface area (Å²) in [5.74, 6) is -0.505. The summed E-state index contributed by atoms with van der Waals surface area (Å²) in [6.07, 6.45) is 0. The summed E-state index contributed by atoms with van der Waals surface area (Å²) in [5.41, 5.74) is 5.69. The first-order valence-electron chi connectivity index (χ1n) is 9.52. The highest BCUT2D eigenvalue weighted by molar-refractivity contribution is 9.10. The topological polar surface area (TPSA) is 83.7 Å². The van der Waals surface area contributed by atoms with Crippen LogP contribution in [0.1, 0.15) is 38.3 Å². The summed E-state index contributed by atoms with van der Waals surface area (Å²) in [6, 6.07) is 16.2. The molecule has 0 aliphatic carbocycles. The first-order valence-corrected chi connectivity index (χ1v) is 11.5. The highest BCUT2D eigenvalue weighted by Crippen LogP contribution is 2.35. The first-order chi connectivity index (χ1) is 15.3. The molecule has 6 nitrogen and oxygen atoms in total. The van der Waals surface area contributed by atoms with Gasteiger partial charge in [-0.25, -0.2) is 5.43 Å². The minimum atomic E-state index is -0.360. The van der Waals surface area contributed by atoms with E-state index in [9.17, 15) is 9.59 Å². The maximum absolute atomic E-state index is 12.6. The fourth-order valence-electron chi connectivity index (χ4n) is 2.99. The van der Waals surface area contributed by atoms with E-state index >= 15 is 0 Å². The van der Waals surface area contributed by atoms with E-state index in [1.54, 1.807) is 43.3 Å². The van der Waals surface area contributed by atoms with Gasteiger partial charge in [0.15, 0.2) is 10.4 Å². The number of amides is 2. The number of carbonyl (C=O) groups is 2. The molecule has 0 saturated carbocycles. The molecular weight excluding hydrogens is 514 g/mol. The molecule has 0 saturated heterocycles. The Balaban J connectivity index is 1.43. The molecule has 2 heterocycles. The van der Waals surface area contributed by atoms with Gasteiger partial charge < -0.3 is 9.73 Å². The fraction of sp³-hybridized carbons (Fsp3) is 0.0870. The van der Waals surface area contributed by atoms with Crippen molar-refractivity contribution in [3.8, 4) is 0 Å². The van der Waals surface area contributed by atoms with Crippen LogP contribution in [0.2, 0.25) is 5.02 Å². The van der Waals surface area contributed by atoms with E-state index in [4.69, 9.17) is 16.0 Å². The highest BCUT2D eigenvalue weighted by atomic mass is 79.9. The Bertz CT molecular complexity index is 1360. The Morgan fingerprint density at radius 3 is 2.50 bits per heavy atom. The number of halogens is 2. The van der Waals surface area contributed by atoms with Crippen molar-refractivity contribution in [1.29, 1.82) is 0 Å². The van der Waals surface area contributed by atoms with Gasteiger partial charge in [-0.15, -0.1) is 11.3 Å². The lowest BCUT2D eigenvalue weighted by Gasteiger charge is -2.06. The van der Waals surface area contributed by atoms with E-state index in [2.05, 4.69) is 31.8 Å². The van der Waals surface area contributed by atoms with Crippen molar-refractivity contribution in [2.75, 3.05) is 5.32 Å². The number of fused-ring (bicyclic) bond motifs is 1. The summed E-state index contributed by atoms with van der Waals surface area (Å²) in [7, 11) is 0. The molecule has 162 valence electrons. The maximum atomic E-state index is 12.6. The number of carbonyl (C=O) groups excluding carboxylic acids is 2. The van der Waals surface area contributed by atoms with Crippen LogP contribution in [-0.4, -0.2) is 17.5 Å². The minimum Gasteiger partial charge on any atom is -0.444 e. The van der Waals surface area contributed by atoms with Crippen LogP contribution in [0.4, 0.5) is 5.69 Å². The summed E-state index contributed by atoms with van der Waals surface area (Å²) in [4.78, 5) is 25.2. The number of hydrogen-bond donors (Lipinski definition) is 2. The van der Waals surface area contributed by atoms with Crippen molar-refractivity contribution in [3.05, 3.63) is 86.1 Å². The van der Waals surface area contributed by atoms with Gasteiger partial charge in [0.05, 0.1) is 10.7 Å². The van der Waals surface area contributed by atoms with Crippen molar-refractivity contribution in [1.82, 2.24) is 5.43 Å². The molecule has 0 unspecified atom stereocenters. The lowest BCUT2D eigenvalue weighted by atomic mass is 10.1. The molecule has 0 bridgehead atoms. The third-order valence-electron chi connectivity index (χ3n) is 4.67. The summed E-state index contributed by atoms with van der Waals surface area (Å²) >= 11 is 10.9. The van der Waals surface area contributed by atoms with E-state index in [0.29, 0.717) is 26.0 Å². The molecule has 2 aromatic carbocycles. The molecule has 0 aliphatic heterocycles. The number of thiophene rings is 1. The Morgan fingerprint density at radius 2 is 1.81 bits per heavy atom. The molecule has 0 atom stereocenters. The third-order valence-corrected chi connectivity index (χ3v) is 6.76. The van der Waals surface area contributed by atoms with Crippen molar-refractivity contribution < 1.29 is 14.0 Å². The summed E-state index contributed by atoms with van der Waals surface area (Å²) < 4.78 is 6.68. The second kappa shape index (κ2) is 9.28. The van der Waals surface area contributed by atoms with Gasteiger partial charge in [0.25, 0.3) is 11.8 Å². The molecule has 0 spiro atoms. The molecule has 2 aromatic heterocycles. The van der Waals surface area contributed by atoms with Gasteiger partial charge in [-0.2, -0.15) is 5.10 Å². The number of anilines is 1. The smallest absolute Gasteiger partial charge is 0.291 e. The third kappa shape index (κ3) is 4.77. The Hall–Kier alpha value is -2.94. The van der Waals surface area contributed by atoms with Gasteiger partial charge in [-0.1, -0.05) is 35.9 Å². The number of hydrogen-bond acceptors (Lipinski definition) is 5. The zero-order valence-electron chi connectivity index (χ0n) is 17.0. The zero-order chi connectivity index (χ0) is 22.8. The van der Waals surface area contributed by atoms with Crippen molar-refractivity contribution in [3.63, 3.8) is 0 Å². The maximum Gasteiger partial charge on any atom is 0.291 e. The second-order valence-corrected chi connectivity index (χ2v) is 9.23. The predicted molar refractivity (Wildman–Crippen MR) is 132 cm³/mol. The highest BCUT2D eigenvalue weighted by Gasteiger charge is 2.17. The van der Waals surface area contributed by atoms with Gasteiger partial charge in [0, 0.05) is 15.8 Å².